The fourth-order valence-electron chi connectivity index (χ4n) is 4.04. The SMILES string of the molecule is CS(=O)(=O)/C=C/C(Cc1ccccc1)NC(=O)C(Cc1ccccc1)NC(=O)c1ccc2ccccc2n1. The highest BCUT2D eigenvalue weighted by Gasteiger charge is 2.24. The molecule has 0 saturated carbocycles. The van der Waals surface area contributed by atoms with E-state index in [9.17, 15) is 18.0 Å². The molecule has 2 unspecified atom stereocenters. The first-order chi connectivity index (χ1) is 18.3. The number of pyridine rings is 1. The third-order valence-electron chi connectivity index (χ3n) is 5.92. The van der Waals surface area contributed by atoms with Gasteiger partial charge in [0.25, 0.3) is 5.91 Å². The van der Waals surface area contributed by atoms with Crippen molar-refractivity contribution < 1.29 is 18.0 Å². The number of fused-ring (bicyclic) bond motifs is 1. The molecule has 0 aliphatic heterocycles. The molecule has 8 heteroatoms. The zero-order valence-electron chi connectivity index (χ0n) is 20.9. The van der Waals surface area contributed by atoms with Crippen LogP contribution in [-0.4, -0.2) is 43.6 Å². The number of carbonyl (C=O) groups excluding carboxylic acids is 2. The Morgan fingerprint density at radius 1 is 0.789 bits per heavy atom. The van der Waals surface area contributed by atoms with E-state index in [1.807, 2.05) is 91.0 Å². The van der Waals surface area contributed by atoms with E-state index in [1.54, 1.807) is 6.07 Å². The monoisotopic (exact) mass is 527 g/mol. The van der Waals surface area contributed by atoms with E-state index in [1.165, 1.54) is 6.08 Å². The smallest absolute Gasteiger partial charge is 0.270 e. The predicted molar refractivity (Wildman–Crippen MR) is 149 cm³/mol. The largest absolute Gasteiger partial charge is 0.348 e. The summed E-state index contributed by atoms with van der Waals surface area (Å²) >= 11 is 0. The van der Waals surface area contributed by atoms with Crippen molar-refractivity contribution in [1.82, 2.24) is 15.6 Å². The average molecular weight is 528 g/mol. The Labute approximate surface area is 222 Å². The quantitative estimate of drug-likeness (QED) is 0.326. The summed E-state index contributed by atoms with van der Waals surface area (Å²) in [5.74, 6) is -0.903. The normalized spacial score (nSPS) is 13.2. The van der Waals surface area contributed by atoms with Gasteiger partial charge in [-0.1, -0.05) is 91.0 Å². The maximum atomic E-state index is 13.5. The third-order valence-corrected chi connectivity index (χ3v) is 6.57. The Morgan fingerprint density at radius 2 is 1.39 bits per heavy atom. The molecule has 0 fully saturated rings. The molecular formula is C30H29N3O4S. The van der Waals surface area contributed by atoms with Crippen LogP contribution in [-0.2, 0) is 27.5 Å². The molecule has 3 aromatic carbocycles. The summed E-state index contributed by atoms with van der Waals surface area (Å²) in [5, 5.41) is 7.75. The van der Waals surface area contributed by atoms with Gasteiger partial charge < -0.3 is 10.6 Å². The number of nitrogens with zero attached hydrogens (tertiary/aromatic N) is 1. The van der Waals surface area contributed by atoms with Crippen LogP contribution in [0.4, 0.5) is 0 Å². The van der Waals surface area contributed by atoms with Crippen molar-refractivity contribution in [1.29, 1.82) is 0 Å². The third kappa shape index (κ3) is 7.85. The first-order valence-corrected chi connectivity index (χ1v) is 14.2. The Bertz CT molecular complexity index is 1540. The number of hydrogen-bond acceptors (Lipinski definition) is 5. The molecule has 0 bridgehead atoms. The minimum Gasteiger partial charge on any atom is -0.348 e. The lowest BCUT2D eigenvalue weighted by Crippen LogP contribution is -2.51. The number of benzene rings is 3. The Morgan fingerprint density at radius 3 is 2.05 bits per heavy atom. The second-order valence-electron chi connectivity index (χ2n) is 9.07. The van der Waals surface area contributed by atoms with E-state index in [-0.39, 0.29) is 12.1 Å². The van der Waals surface area contributed by atoms with Gasteiger partial charge in [-0.15, -0.1) is 0 Å². The van der Waals surface area contributed by atoms with Gasteiger partial charge in [0.2, 0.25) is 5.91 Å². The van der Waals surface area contributed by atoms with Gasteiger partial charge in [-0.2, -0.15) is 0 Å². The number of amides is 2. The van der Waals surface area contributed by atoms with Gasteiger partial charge in [-0.25, -0.2) is 13.4 Å². The fraction of sp³-hybridized carbons (Fsp3) is 0.167. The van der Waals surface area contributed by atoms with Crippen molar-refractivity contribution in [3.05, 3.63) is 125 Å². The van der Waals surface area contributed by atoms with Crippen LogP contribution in [0.25, 0.3) is 10.9 Å². The predicted octanol–water partition coefficient (Wildman–Crippen LogP) is 3.86. The van der Waals surface area contributed by atoms with Crippen molar-refractivity contribution in [2.24, 2.45) is 0 Å². The van der Waals surface area contributed by atoms with Gasteiger partial charge in [-0.05, 0) is 29.7 Å². The highest BCUT2D eigenvalue weighted by atomic mass is 32.2. The molecule has 0 spiro atoms. The van der Waals surface area contributed by atoms with Crippen LogP contribution in [0.15, 0.2) is 109 Å². The molecular weight excluding hydrogens is 498 g/mol. The summed E-state index contributed by atoms with van der Waals surface area (Å²) in [5.41, 5.74) is 2.68. The van der Waals surface area contributed by atoms with Gasteiger partial charge in [-0.3, -0.25) is 9.59 Å². The molecule has 0 saturated heterocycles. The molecule has 2 N–H and O–H groups in total. The number of nitrogens with one attached hydrogen (secondary N) is 2. The minimum atomic E-state index is -3.40. The lowest BCUT2D eigenvalue weighted by Gasteiger charge is -2.22. The van der Waals surface area contributed by atoms with Gasteiger partial charge >= 0.3 is 0 Å². The summed E-state index contributed by atoms with van der Waals surface area (Å²) in [6, 6.07) is 28.2. The summed E-state index contributed by atoms with van der Waals surface area (Å²) < 4.78 is 23.6. The van der Waals surface area contributed by atoms with Crippen LogP contribution in [0, 0.1) is 0 Å². The molecule has 1 aromatic heterocycles. The number of carbonyl (C=O) groups is 2. The van der Waals surface area contributed by atoms with Crippen LogP contribution in [0.3, 0.4) is 0 Å². The molecule has 4 aromatic rings. The fourth-order valence-corrected chi connectivity index (χ4v) is 4.51. The van der Waals surface area contributed by atoms with Crippen molar-refractivity contribution in [2.75, 3.05) is 6.26 Å². The van der Waals surface area contributed by atoms with E-state index < -0.39 is 33.7 Å². The topological polar surface area (TPSA) is 105 Å². The van der Waals surface area contributed by atoms with Crippen LogP contribution in [0.5, 0.6) is 0 Å². The van der Waals surface area contributed by atoms with Gasteiger partial charge in [0.05, 0.1) is 11.6 Å². The minimum absolute atomic E-state index is 0.201. The maximum Gasteiger partial charge on any atom is 0.270 e. The molecule has 0 radical (unpaired) electrons. The van der Waals surface area contributed by atoms with E-state index in [0.717, 1.165) is 28.2 Å². The lowest BCUT2D eigenvalue weighted by molar-refractivity contribution is -0.123. The van der Waals surface area contributed by atoms with Crippen LogP contribution in [0.2, 0.25) is 0 Å². The van der Waals surface area contributed by atoms with E-state index in [0.29, 0.717) is 11.9 Å². The molecule has 38 heavy (non-hydrogen) atoms. The average Bonchev–Trinajstić information content (AvgIpc) is 2.91. The molecule has 1 heterocycles. The number of sulfone groups is 1. The summed E-state index contributed by atoms with van der Waals surface area (Å²) in [6.07, 6.45) is 3.20. The molecule has 2 atom stereocenters. The van der Waals surface area contributed by atoms with Crippen molar-refractivity contribution in [3.8, 4) is 0 Å². The molecule has 7 nitrogen and oxygen atoms in total. The molecule has 0 aliphatic rings. The zero-order valence-corrected chi connectivity index (χ0v) is 21.8. The first kappa shape index (κ1) is 26.8. The second-order valence-corrected chi connectivity index (χ2v) is 11.0. The number of hydrogen-bond donors (Lipinski definition) is 2. The Kier molecular flexibility index (Phi) is 8.66. The zero-order chi connectivity index (χ0) is 27.0. The van der Waals surface area contributed by atoms with Crippen LogP contribution in [0.1, 0.15) is 21.6 Å². The molecule has 2 amide bonds. The van der Waals surface area contributed by atoms with E-state index >= 15 is 0 Å². The summed E-state index contributed by atoms with van der Waals surface area (Å²) in [4.78, 5) is 31.1. The Balaban J connectivity index is 1.57. The van der Waals surface area contributed by atoms with Gasteiger partial charge in [0.15, 0.2) is 9.84 Å². The highest BCUT2D eigenvalue weighted by Crippen LogP contribution is 2.13. The number of aromatic nitrogens is 1. The van der Waals surface area contributed by atoms with E-state index in [2.05, 4.69) is 15.6 Å². The Hall–Kier alpha value is -4.30. The van der Waals surface area contributed by atoms with Crippen molar-refractivity contribution in [3.63, 3.8) is 0 Å². The molecule has 194 valence electrons. The first-order valence-electron chi connectivity index (χ1n) is 12.2. The van der Waals surface area contributed by atoms with Crippen LogP contribution >= 0.6 is 0 Å². The number of rotatable bonds is 10. The maximum absolute atomic E-state index is 13.5. The van der Waals surface area contributed by atoms with Gasteiger partial charge in [0.1, 0.15) is 11.7 Å². The standard InChI is InChI=1S/C30H29N3O4S/c1-38(36,37)19-18-25(20-22-10-4-2-5-11-22)31-30(35)28(21-23-12-6-3-7-13-23)33-29(34)27-17-16-24-14-8-9-15-26(24)32-27/h2-19,25,28H,20-21H2,1H3,(H,31,35)(H,33,34)/b19-18+. The molecule has 4 rings (SSSR count). The van der Waals surface area contributed by atoms with Gasteiger partial charge in [0, 0.05) is 23.5 Å². The highest BCUT2D eigenvalue weighted by molar-refractivity contribution is 7.93. The van der Waals surface area contributed by atoms with E-state index in [4.69, 9.17) is 0 Å². The number of para-hydroxylation sites is 1. The lowest BCUT2D eigenvalue weighted by atomic mass is 10.0. The molecule has 0 aliphatic carbocycles. The van der Waals surface area contributed by atoms with Crippen molar-refractivity contribution >= 4 is 32.6 Å². The summed E-state index contributed by atoms with van der Waals surface area (Å²) in [7, 11) is -3.40. The summed E-state index contributed by atoms with van der Waals surface area (Å²) in [6.45, 7) is 0. The van der Waals surface area contributed by atoms with Crippen molar-refractivity contribution in [2.45, 2.75) is 24.9 Å². The van der Waals surface area contributed by atoms with Crippen LogP contribution < -0.4 is 10.6 Å². The second kappa shape index (κ2) is 12.3.